The number of aryl methyl sites for hydroxylation is 2. The predicted octanol–water partition coefficient (Wildman–Crippen LogP) is 5.02. The van der Waals surface area contributed by atoms with Gasteiger partial charge in [-0.2, -0.15) is 0 Å². The number of aromatic nitrogens is 1. The van der Waals surface area contributed by atoms with Crippen LogP contribution in [0.4, 0.5) is 21.6 Å². The van der Waals surface area contributed by atoms with Gasteiger partial charge in [0, 0.05) is 5.69 Å². The molecule has 0 saturated heterocycles. The molecule has 0 bridgehead atoms. The molecule has 0 atom stereocenters. The molecule has 2 aromatic carbocycles. The van der Waals surface area contributed by atoms with Crippen molar-refractivity contribution in [1.29, 1.82) is 0 Å². The lowest BCUT2D eigenvalue weighted by molar-refractivity contribution is -0.115. The first-order valence-corrected chi connectivity index (χ1v) is 8.91. The molecular formula is C22H22FN3O. The lowest BCUT2D eigenvalue weighted by Crippen LogP contribution is -2.14. The van der Waals surface area contributed by atoms with E-state index >= 15 is 0 Å². The molecule has 0 radical (unpaired) electrons. The summed E-state index contributed by atoms with van der Waals surface area (Å²) in [6, 6.07) is 15.8. The number of hydrogen-bond donors (Lipinski definition) is 2. The van der Waals surface area contributed by atoms with Crippen molar-refractivity contribution < 1.29 is 9.18 Å². The van der Waals surface area contributed by atoms with Crippen molar-refractivity contribution in [3.05, 3.63) is 83.3 Å². The highest BCUT2D eigenvalue weighted by molar-refractivity contribution is 5.92. The molecule has 0 aliphatic rings. The van der Waals surface area contributed by atoms with Crippen LogP contribution < -0.4 is 10.6 Å². The maximum absolute atomic E-state index is 12.9. The molecule has 0 aliphatic carbocycles. The average Bonchev–Trinajstić information content (AvgIpc) is 2.66. The molecule has 0 fully saturated rings. The zero-order valence-electron chi connectivity index (χ0n) is 15.4. The Morgan fingerprint density at radius 2 is 1.85 bits per heavy atom. The van der Waals surface area contributed by atoms with Crippen LogP contribution in [0.3, 0.4) is 0 Å². The maximum Gasteiger partial charge on any atom is 0.228 e. The predicted molar refractivity (Wildman–Crippen MR) is 107 cm³/mol. The Morgan fingerprint density at radius 1 is 1.07 bits per heavy atom. The summed E-state index contributed by atoms with van der Waals surface area (Å²) in [4.78, 5) is 16.5. The van der Waals surface area contributed by atoms with Crippen molar-refractivity contribution in [3.63, 3.8) is 0 Å². The van der Waals surface area contributed by atoms with Crippen molar-refractivity contribution in [2.75, 3.05) is 10.6 Å². The highest BCUT2D eigenvalue weighted by atomic mass is 19.1. The van der Waals surface area contributed by atoms with Crippen LogP contribution in [0.2, 0.25) is 0 Å². The second-order valence-corrected chi connectivity index (χ2v) is 6.37. The fourth-order valence-corrected chi connectivity index (χ4v) is 2.86. The number of amides is 1. The standard InChI is InChI=1S/C22H22FN3O/c1-3-17-6-4-5-15(2)22(17)26-20-12-11-19(14-24-20)25-21(27)13-16-7-9-18(23)10-8-16/h4-12,14H,3,13H2,1-2H3,(H,24,26)(H,25,27). The van der Waals surface area contributed by atoms with Gasteiger partial charge in [0.05, 0.1) is 18.3 Å². The van der Waals surface area contributed by atoms with E-state index in [-0.39, 0.29) is 18.1 Å². The van der Waals surface area contributed by atoms with Gasteiger partial charge in [0.25, 0.3) is 0 Å². The molecule has 3 rings (SSSR count). The van der Waals surface area contributed by atoms with Gasteiger partial charge < -0.3 is 10.6 Å². The lowest BCUT2D eigenvalue weighted by atomic mass is 10.1. The van der Waals surface area contributed by atoms with E-state index < -0.39 is 0 Å². The summed E-state index contributed by atoms with van der Waals surface area (Å²) < 4.78 is 12.9. The summed E-state index contributed by atoms with van der Waals surface area (Å²) in [6.07, 6.45) is 2.74. The molecule has 0 saturated carbocycles. The van der Waals surface area contributed by atoms with Crippen molar-refractivity contribution in [2.45, 2.75) is 26.7 Å². The highest BCUT2D eigenvalue weighted by Gasteiger charge is 2.07. The molecule has 5 heteroatoms. The molecule has 0 spiro atoms. The van der Waals surface area contributed by atoms with Gasteiger partial charge in [-0.1, -0.05) is 37.3 Å². The Balaban J connectivity index is 1.63. The lowest BCUT2D eigenvalue weighted by Gasteiger charge is -2.14. The Kier molecular flexibility index (Phi) is 5.81. The fraction of sp³-hybridized carbons (Fsp3) is 0.182. The number of rotatable bonds is 6. The minimum atomic E-state index is -0.314. The van der Waals surface area contributed by atoms with E-state index in [0.29, 0.717) is 5.69 Å². The number of para-hydroxylation sites is 1. The molecule has 1 heterocycles. The van der Waals surface area contributed by atoms with Crippen LogP contribution in [-0.2, 0) is 17.6 Å². The minimum absolute atomic E-state index is 0.170. The van der Waals surface area contributed by atoms with Crippen LogP contribution in [0, 0.1) is 12.7 Å². The van der Waals surface area contributed by atoms with Gasteiger partial charge in [-0.15, -0.1) is 0 Å². The van der Waals surface area contributed by atoms with Gasteiger partial charge in [0.2, 0.25) is 5.91 Å². The first-order chi connectivity index (χ1) is 13.0. The number of carbonyl (C=O) groups excluding carboxylic acids is 1. The molecule has 3 aromatic rings. The van der Waals surface area contributed by atoms with E-state index in [9.17, 15) is 9.18 Å². The summed E-state index contributed by atoms with van der Waals surface area (Å²) in [7, 11) is 0. The summed E-state index contributed by atoms with van der Waals surface area (Å²) in [5.41, 5.74) is 4.84. The number of nitrogens with zero attached hydrogens (tertiary/aromatic N) is 1. The molecular weight excluding hydrogens is 341 g/mol. The first kappa shape index (κ1) is 18.6. The Labute approximate surface area is 158 Å². The second kappa shape index (κ2) is 8.45. The van der Waals surface area contributed by atoms with Gasteiger partial charge in [0.15, 0.2) is 0 Å². The SMILES string of the molecule is CCc1cccc(C)c1Nc1ccc(NC(=O)Cc2ccc(F)cc2)cn1. The molecule has 1 aromatic heterocycles. The van der Waals surface area contributed by atoms with E-state index in [4.69, 9.17) is 0 Å². The monoisotopic (exact) mass is 363 g/mol. The number of hydrogen-bond acceptors (Lipinski definition) is 3. The molecule has 138 valence electrons. The van der Waals surface area contributed by atoms with Crippen LogP contribution >= 0.6 is 0 Å². The average molecular weight is 363 g/mol. The zero-order chi connectivity index (χ0) is 19.2. The van der Waals surface area contributed by atoms with E-state index in [2.05, 4.69) is 41.6 Å². The summed E-state index contributed by atoms with van der Waals surface area (Å²) >= 11 is 0. The molecule has 0 aliphatic heterocycles. The summed E-state index contributed by atoms with van der Waals surface area (Å²) in [6.45, 7) is 4.18. The molecule has 1 amide bonds. The number of anilines is 3. The molecule has 4 nitrogen and oxygen atoms in total. The van der Waals surface area contributed by atoms with Crippen LogP contribution in [0.15, 0.2) is 60.8 Å². The number of pyridine rings is 1. The molecule has 0 unspecified atom stereocenters. The quantitative estimate of drug-likeness (QED) is 0.647. The van der Waals surface area contributed by atoms with E-state index in [1.165, 1.54) is 17.7 Å². The Morgan fingerprint density at radius 3 is 2.52 bits per heavy atom. The number of carbonyl (C=O) groups is 1. The summed E-state index contributed by atoms with van der Waals surface area (Å²) in [5.74, 6) is 0.234. The van der Waals surface area contributed by atoms with Crippen LogP contribution in [-0.4, -0.2) is 10.9 Å². The third-order valence-electron chi connectivity index (χ3n) is 4.32. The van der Waals surface area contributed by atoms with Gasteiger partial charge in [-0.05, 0) is 54.3 Å². The van der Waals surface area contributed by atoms with Crippen LogP contribution in [0.5, 0.6) is 0 Å². The minimum Gasteiger partial charge on any atom is -0.340 e. The smallest absolute Gasteiger partial charge is 0.228 e. The topological polar surface area (TPSA) is 54.0 Å². The van der Waals surface area contributed by atoms with Crippen molar-refractivity contribution in [1.82, 2.24) is 4.98 Å². The molecule has 27 heavy (non-hydrogen) atoms. The van der Waals surface area contributed by atoms with E-state index in [1.54, 1.807) is 18.3 Å². The van der Waals surface area contributed by atoms with Crippen molar-refractivity contribution in [3.8, 4) is 0 Å². The van der Waals surface area contributed by atoms with Gasteiger partial charge in [0.1, 0.15) is 11.6 Å². The Bertz CT molecular complexity index is 921. The third kappa shape index (κ3) is 4.91. The Hall–Kier alpha value is -3.21. The number of benzene rings is 2. The normalized spacial score (nSPS) is 10.5. The van der Waals surface area contributed by atoms with Crippen LogP contribution in [0.25, 0.3) is 0 Å². The second-order valence-electron chi connectivity index (χ2n) is 6.37. The van der Waals surface area contributed by atoms with Crippen molar-refractivity contribution in [2.24, 2.45) is 0 Å². The first-order valence-electron chi connectivity index (χ1n) is 8.91. The third-order valence-corrected chi connectivity index (χ3v) is 4.32. The summed E-state index contributed by atoms with van der Waals surface area (Å²) in [5, 5.41) is 6.17. The van der Waals surface area contributed by atoms with Crippen LogP contribution in [0.1, 0.15) is 23.6 Å². The van der Waals surface area contributed by atoms with E-state index in [1.807, 2.05) is 18.2 Å². The van der Waals surface area contributed by atoms with Crippen molar-refractivity contribution >= 4 is 23.1 Å². The number of halogens is 1. The molecule has 2 N–H and O–H groups in total. The van der Waals surface area contributed by atoms with Gasteiger partial charge >= 0.3 is 0 Å². The fourth-order valence-electron chi connectivity index (χ4n) is 2.86. The highest BCUT2D eigenvalue weighted by Crippen LogP contribution is 2.25. The largest absolute Gasteiger partial charge is 0.340 e. The van der Waals surface area contributed by atoms with Gasteiger partial charge in [-0.25, -0.2) is 9.37 Å². The number of nitrogens with one attached hydrogen (secondary N) is 2. The van der Waals surface area contributed by atoms with E-state index in [0.717, 1.165) is 29.1 Å². The zero-order valence-corrected chi connectivity index (χ0v) is 15.4. The van der Waals surface area contributed by atoms with Gasteiger partial charge in [-0.3, -0.25) is 4.79 Å². The maximum atomic E-state index is 12.9.